The average molecular weight is 398 g/mol. The van der Waals surface area contributed by atoms with Gasteiger partial charge in [-0.2, -0.15) is 4.98 Å². The van der Waals surface area contributed by atoms with Crippen LogP contribution in [-0.2, 0) is 0 Å². The number of aryl methyl sites for hydroxylation is 1. The third kappa shape index (κ3) is 5.59. The molecule has 3 aromatic rings. The van der Waals surface area contributed by atoms with Crippen molar-refractivity contribution in [2.75, 3.05) is 22.6 Å². The molecule has 0 atom stereocenters. The van der Waals surface area contributed by atoms with Crippen LogP contribution in [0.4, 0.5) is 27.7 Å². The standard InChI is InChI=1S/C20H20ClN5O2/c1-3-28-19-12-18(22-13(2)23-19)24-15-7-9-16(10-8-15)25-20(27)26-17-6-4-5-14(21)11-17/h4-12H,3H2,1-2H3,(H,22,23,24)(H2,25,26,27). The van der Waals surface area contributed by atoms with Crippen molar-refractivity contribution in [2.45, 2.75) is 13.8 Å². The third-order valence-corrected chi connectivity index (χ3v) is 3.84. The van der Waals surface area contributed by atoms with Crippen molar-refractivity contribution in [1.82, 2.24) is 9.97 Å². The Kier molecular flexibility index (Phi) is 6.29. The predicted molar refractivity (Wildman–Crippen MR) is 112 cm³/mol. The van der Waals surface area contributed by atoms with Crippen LogP contribution in [0.2, 0.25) is 5.02 Å². The van der Waals surface area contributed by atoms with Gasteiger partial charge < -0.3 is 20.7 Å². The Morgan fingerprint density at radius 2 is 1.71 bits per heavy atom. The number of nitrogens with one attached hydrogen (secondary N) is 3. The Balaban J connectivity index is 1.61. The zero-order chi connectivity index (χ0) is 19.9. The van der Waals surface area contributed by atoms with Gasteiger partial charge in [0, 0.05) is 28.2 Å². The van der Waals surface area contributed by atoms with Crippen LogP contribution < -0.4 is 20.7 Å². The summed E-state index contributed by atoms with van der Waals surface area (Å²) in [5.41, 5.74) is 2.09. The minimum atomic E-state index is -0.351. The molecule has 2 amide bonds. The molecule has 0 saturated heterocycles. The van der Waals surface area contributed by atoms with Crippen molar-refractivity contribution >= 4 is 40.5 Å². The molecule has 0 aliphatic carbocycles. The second kappa shape index (κ2) is 9.05. The molecule has 1 aromatic heterocycles. The molecule has 0 spiro atoms. The summed E-state index contributed by atoms with van der Waals surface area (Å²) in [6, 6.07) is 15.6. The van der Waals surface area contributed by atoms with Crippen molar-refractivity contribution in [3.05, 3.63) is 65.4 Å². The quantitative estimate of drug-likeness (QED) is 0.530. The number of hydrogen-bond acceptors (Lipinski definition) is 5. The number of aromatic nitrogens is 2. The lowest BCUT2D eigenvalue weighted by Crippen LogP contribution is -2.19. The van der Waals surface area contributed by atoms with Gasteiger partial charge in [-0.25, -0.2) is 9.78 Å². The number of hydrogen-bond donors (Lipinski definition) is 3. The van der Waals surface area contributed by atoms with Crippen LogP contribution in [0.3, 0.4) is 0 Å². The largest absolute Gasteiger partial charge is 0.478 e. The minimum Gasteiger partial charge on any atom is -0.478 e. The van der Waals surface area contributed by atoms with Gasteiger partial charge in [-0.3, -0.25) is 0 Å². The van der Waals surface area contributed by atoms with Crippen molar-refractivity contribution < 1.29 is 9.53 Å². The van der Waals surface area contributed by atoms with Crippen LogP contribution >= 0.6 is 11.6 Å². The topological polar surface area (TPSA) is 88.2 Å². The fraction of sp³-hybridized carbons (Fsp3) is 0.150. The monoisotopic (exact) mass is 397 g/mol. The van der Waals surface area contributed by atoms with Crippen LogP contribution in [0.5, 0.6) is 5.88 Å². The molecule has 0 fully saturated rings. The van der Waals surface area contributed by atoms with Gasteiger partial charge in [0.15, 0.2) is 0 Å². The number of benzene rings is 2. The van der Waals surface area contributed by atoms with E-state index in [1.807, 2.05) is 19.1 Å². The minimum absolute atomic E-state index is 0.351. The fourth-order valence-corrected chi connectivity index (χ4v) is 2.66. The maximum atomic E-state index is 12.1. The molecular formula is C20H20ClN5O2. The highest BCUT2D eigenvalue weighted by Gasteiger charge is 2.05. The van der Waals surface area contributed by atoms with E-state index >= 15 is 0 Å². The van der Waals surface area contributed by atoms with Crippen molar-refractivity contribution in [2.24, 2.45) is 0 Å². The normalized spacial score (nSPS) is 10.2. The number of nitrogens with zero attached hydrogens (tertiary/aromatic N) is 2. The van der Waals surface area contributed by atoms with Gasteiger partial charge in [0.05, 0.1) is 6.61 Å². The number of rotatable bonds is 6. The van der Waals surface area contributed by atoms with E-state index in [1.54, 1.807) is 49.4 Å². The summed E-state index contributed by atoms with van der Waals surface area (Å²) in [6.45, 7) is 4.24. The van der Waals surface area contributed by atoms with E-state index in [0.29, 0.717) is 40.5 Å². The second-order valence-electron chi connectivity index (χ2n) is 5.86. The summed E-state index contributed by atoms with van der Waals surface area (Å²) >= 11 is 5.91. The van der Waals surface area contributed by atoms with Crippen molar-refractivity contribution in [3.63, 3.8) is 0 Å². The molecule has 3 N–H and O–H groups in total. The highest BCUT2D eigenvalue weighted by Crippen LogP contribution is 2.21. The molecular weight excluding hydrogens is 378 g/mol. The van der Waals surface area contributed by atoms with E-state index in [9.17, 15) is 4.79 Å². The molecule has 144 valence electrons. The fourth-order valence-electron chi connectivity index (χ4n) is 2.47. The second-order valence-corrected chi connectivity index (χ2v) is 6.30. The van der Waals surface area contributed by atoms with Crippen molar-refractivity contribution in [1.29, 1.82) is 0 Å². The van der Waals surface area contributed by atoms with Gasteiger partial charge in [-0.1, -0.05) is 17.7 Å². The molecule has 3 rings (SSSR count). The van der Waals surface area contributed by atoms with E-state index in [0.717, 1.165) is 5.69 Å². The molecule has 2 aromatic carbocycles. The number of urea groups is 1. The summed E-state index contributed by atoms with van der Waals surface area (Å²) in [5, 5.41) is 9.25. The zero-order valence-electron chi connectivity index (χ0n) is 15.5. The number of ether oxygens (including phenoxy) is 1. The van der Waals surface area contributed by atoms with Gasteiger partial charge in [0.25, 0.3) is 0 Å². The lowest BCUT2D eigenvalue weighted by molar-refractivity contribution is 0.262. The molecule has 8 heteroatoms. The van der Waals surface area contributed by atoms with Gasteiger partial charge in [-0.15, -0.1) is 0 Å². The highest BCUT2D eigenvalue weighted by atomic mass is 35.5. The van der Waals surface area contributed by atoms with E-state index in [2.05, 4.69) is 25.9 Å². The smallest absolute Gasteiger partial charge is 0.323 e. The first-order valence-corrected chi connectivity index (χ1v) is 9.09. The maximum Gasteiger partial charge on any atom is 0.323 e. The summed E-state index contributed by atoms with van der Waals surface area (Å²) in [5.74, 6) is 1.77. The number of carbonyl (C=O) groups excluding carboxylic acids is 1. The van der Waals surface area contributed by atoms with E-state index in [1.165, 1.54) is 0 Å². The van der Waals surface area contributed by atoms with Gasteiger partial charge in [-0.05, 0) is 56.3 Å². The molecule has 0 saturated carbocycles. The molecule has 1 heterocycles. The number of anilines is 4. The van der Waals surface area contributed by atoms with Gasteiger partial charge in [0.1, 0.15) is 11.6 Å². The van der Waals surface area contributed by atoms with Crippen LogP contribution in [-0.4, -0.2) is 22.6 Å². The summed E-state index contributed by atoms with van der Waals surface area (Å²) < 4.78 is 5.43. The predicted octanol–water partition coefficient (Wildman–Crippen LogP) is 5.22. The molecule has 7 nitrogen and oxygen atoms in total. The lowest BCUT2D eigenvalue weighted by atomic mass is 10.2. The number of carbonyl (C=O) groups is 1. The van der Waals surface area contributed by atoms with Crippen LogP contribution in [0.1, 0.15) is 12.7 Å². The number of amides is 2. The van der Waals surface area contributed by atoms with Gasteiger partial charge >= 0.3 is 6.03 Å². The first kappa shape index (κ1) is 19.4. The number of halogens is 1. The van der Waals surface area contributed by atoms with E-state index < -0.39 is 0 Å². The molecule has 0 aliphatic rings. The van der Waals surface area contributed by atoms with Crippen LogP contribution in [0.15, 0.2) is 54.6 Å². The highest BCUT2D eigenvalue weighted by molar-refractivity contribution is 6.30. The van der Waals surface area contributed by atoms with Crippen LogP contribution in [0, 0.1) is 6.92 Å². The molecule has 28 heavy (non-hydrogen) atoms. The first-order chi connectivity index (χ1) is 13.5. The summed E-state index contributed by atoms with van der Waals surface area (Å²) in [4.78, 5) is 20.7. The molecule has 0 radical (unpaired) electrons. The summed E-state index contributed by atoms with van der Waals surface area (Å²) in [7, 11) is 0. The Bertz CT molecular complexity index is 963. The first-order valence-electron chi connectivity index (χ1n) is 8.71. The molecule has 0 bridgehead atoms. The summed E-state index contributed by atoms with van der Waals surface area (Å²) in [6.07, 6.45) is 0. The van der Waals surface area contributed by atoms with E-state index in [4.69, 9.17) is 16.3 Å². The van der Waals surface area contributed by atoms with Crippen LogP contribution in [0.25, 0.3) is 0 Å². The Hall–Kier alpha value is -3.32. The Morgan fingerprint density at radius 3 is 2.43 bits per heavy atom. The lowest BCUT2D eigenvalue weighted by Gasteiger charge is -2.11. The SMILES string of the molecule is CCOc1cc(Nc2ccc(NC(=O)Nc3cccc(Cl)c3)cc2)nc(C)n1. The Morgan fingerprint density at radius 1 is 1.00 bits per heavy atom. The molecule has 0 aliphatic heterocycles. The van der Waals surface area contributed by atoms with E-state index in [-0.39, 0.29) is 6.03 Å². The zero-order valence-corrected chi connectivity index (χ0v) is 16.2. The maximum absolute atomic E-state index is 12.1. The van der Waals surface area contributed by atoms with Crippen molar-refractivity contribution in [3.8, 4) is 5.88 Å². The Labute approximate surface area is 168 Å². The third-order valence-electron chi connectivity index (χ3n) is 3.60. The average Bonchev–Trinajstić information content (AvgIpc) is 2.63. The van der Waals surface area contributed by atoms with Gasteiger partial charge in [0.2, 0.25) is 5.88 Å². The molecule has 0 unspecified atom stereocenters.